The van der Waals surface area contributed by atoms with E-state index in [-0.39, 0.29) is 24.6 Å². The van der Waals surface area contributed by atoms with Crippen molar-refractivity contribution in [3.8, 4) is 11.1 Å². The highest BCUT2D eigenvalue weighted by Gasteiger charge is 2.34. The van der Waals surface area contributed by atoms with E-state index in [1.807, 2.05) is 54.6 Å². The largest absolute Gasteiger partial charge is 0.390 e. The molecule has 0 aliphatic heterocycles. The van der Waals surface area contributed by atoms with E-state index in [1.54, 1.807) is 11.5 Å². The van der Waals surface area contributed by atoms with Gasteiger partial charge in [-0.3, -0.25) is 14.8 Å². The van der Waals surface area contributed by atoms with Crippen molar-refractivity contribution in [1.82, 2.24) is 10.8 Å². The van der Waals surface area contributed by atoms with Gasteiger partial charge >= 0.3 is 0 Å². The van der Waals surface area contributed by atoms with Gasteiger partial charge in [-0.25, -0.2) is 9.87 Å². The molecule has 2 amide bonds. The predicted octanol–water partition coefficient (Wildman–Crippen LogP) is 3.32. The third-order valence-electron chi connectivity index (χ3n) is 6.02. The number of rotatable bonds is 7. The first-order chi connectivity index (χ1) is 15.9. The Morgan fingerprint density at radius 3 is 2.48 bits per heavy atom. The van der Waals surface area contributed by atoms with Crippen LogP contribution in [0.5, 0.6) is 0 Å². The number of aliphatic hydroxyl groups excluding tert-OH is 1. The van der Waals surface area contributed by atoms with Crippen LogP contribution >= 0.6 is 0 Å². The second-order valence-corrected chi connectivity index (χ2v) is 8.30. The van der Waals surface area contributed by atoms with Crippen molar-refractivity contribution in [1.29, 1.82) is 0 Å². The van der Waals surface area contributed by atoms with Crippen LogP contribution < -0.4 is 10.8 Å². The number of halogens is 1. The number of hydroxylamine groups is 1. The summed E-state index contributed by atoms with van der Waals surface area (Å²) >= 11 is 0. The molecule has 3 atom stereocenters. The van der Waals surface area contributed by atoms with Crippen molar-refractivity contribution >= 4 is 11.8 Å². The summed E-state index contributed by atoms with van der Waals surface area (Å²) in [5, 5.41) is 22.3. The van der Waals surface area contributed by atoms with Gasteiger partial charge in [-0.05, 0) is 46.4 Å². The summed E-state index contributed by atoms with van der Waals surface area (Å²) < 4.78 is 13.5. The molecule has 0 heterocycles. The quantitative estimate of drug-likeness (QED) is 0.329. The fraction of sp³-hybridized carbons (Fsp3) is 0.231. The molecule has 0 bridgehead atoms. The second-order valence-electron chi connectivity index (χ2n) is 8.30. The fourth-order valence-corrected chi connectivity index (χ4v) is 4.33. The third-order valence-corrected chi connectivity index (χ3v) is 6.02. The van der Waals surface area contributed by atoms with E-state index < -0.39 is 24.0 Å². The van der Waals surface area contributed by atoms with Gasteiger partial charge < -0.3 is 10.4 Å². The second kappa shape index (κ2) is 9.94. The van der Waals surface area contributed by atoms with E-state index in [4.69, 9.17) is 5.21 Å². The zero-order valence-electron chi connectivity index (χ0n) is 17.9. The molecule has 1 aliphatic rings. The first-order valence-corrected chi connectivity index (χ1v) is 10.8. The molecule has 0 radical (unpaired) electrons. The van der Waals surface area contributed by atoms with E-state index >= 15 is 0 Å². The topological polar surface area (TPSA) is 98.7 Å². The van der Waals surface area contributed by atoms with Crippen LogP contribution in [0.15, 0.2) is 72.8 Å². The molecule has 0 fully saturated rings. The summed E-state index contributed by atoms with van der Waals surface area (Å²) in [7, 11) is 0. The molecule has 33 heavy (non-hydrogen) atoms. The van der Waals surface area contributed by atoms with Crippen molar-refractivity contribution in [2.75, 3.05) is 0 Å². The van der Waals surface area contributed by atoms with Gasteiger partial charge in [0, 0.05) is 12.8 Å². The standard InChI is InChI=1S/C26H25FN2O4/c27-21-6-3-5-18(13-21)17-10-8-16(9-11-17)12-20(15-24(31)29-33)26(32)28-25-22-7-2-1-4-19(22)14-23(25)30/h1-11,13,20,23,25,30,33H,12,14-15H2,(H,28,32)(H,29,31)/t20-,23-,25+/m1/s1. The minimum Gasteiger partial charge on any atom is -0.390 e. The highest BCUT2D eigenvalue weighted by molar-refractivity contribution is 5.86. The molecule has 7 heteroatoms. The normalized spacial score (nSPS) is 17.8. The van der Waals surface area contributed by atoms with Gasteiger partial charge in [0.1, 0.15) is 5.82 Å². The Hall–Kier alpha value is -3.55. The molecule has 0 saturated heterocycles. The zero-order valence-corrected chi connectivity index (χ0v) is 17.9. The van der Waals surface area contributed by atoms with Crippen LogP contribution in [-0.2, 0) is 22.4 Å². The van der Waals surface area contributed by atoms with Crippen LogP contribution in [-0.4, -0.2) is 28.2 Å². The molecule has 0 saturated carbocycles. The maximum absolute atomic E-state index is 13.5. The molecule has 170 valence electrons. The average molecular weight is 448 g/mol. The number of aliphatic hydroxyl groups is 1. The lowest BCUT2D eigenvalue weighted by Crippen LogP contribution is -2.40. The Morgan fingerprint density at radius 2 is 1.76 bits per heavy atom. The highest BCUT2D eigenvalue weighted by atomic mass is 19.1. The number of carbonyl (C=O) groups is 2. The number of benzene rings is 3. The number of hydrogen-bond acceptors (Lipinski definition) is 4. The van der Waals surface area contributed by atoms with E-state index in [1.165, 1.54) is 12.1 Å². The molecule has 0 aromatic heterocycles. The van der Waals surface area contributed by atoms with E-state index in [2.05, 4.69) is 5.32 Å². The zero-order chi connectivity index (χ0) is 23.4. The van der Waals surface area contributed by atoms with Gasteiger partial charge in [0.25, 0.3) is 0 Å². The van der Waals surface area contributed by atoms with Crippen LogP contribution in [0.25, 0.3) is 11.1 Å². The number of carbonyl (C=O) groups excluding carboxylic acids is 2. The third kappa shape index (κ3) is 5.27. The Bertz CT molecular complexity index is 1150. The number of hydrogen-bond donors (Lipinski definition) is 4. The van der Waals surface area contributed by atoms with Gasteiger partial charge in [-0.15, -0.1) is 0 Å². The number of amides is 2. The lowest BCUT2D eigenvalue weighted by Gasteiger charge is -2.22. The van der Waals surface area contributed by atoms with Crippen LogP contribution in [0.4, 0.5) is 4.39 Å². The monoisotopic (exact) mass is 448 g/mol. The number of fused-ring (bicyclic) bond motifs is 1. The van der Waals surface area contributed by atoms with Crippen LogP contribution in [0.3, 0.4) is 0 Å². The van der Waals surface area contributed by atoms with E-state index in [9.17, 15) is 19.1 Å². The molecule has 3 aromatic rings. The molecular weight excluding hydrogens is 423 g/mol. The van der Waals surface area contributed by atoms with Crippen molar-refractivity contribution in [2.24, 2.45) is 5.92 Å². The van der Waals surface area contributed by atoms with E-state index in [0.29, 0.717) is 6.42 Å². The summed E-state index contributed by atoms with van der Waals surface area (Å²) in [6.45, 7) is 0. The average Bonchev–Trinajstić information content (AvgIpc) is 3.13. The fourth-order valence-electron chi connectivity index (χ4n) is 4.33. The maximum Gasteiger partial charge on any atom is 0.244 e. The Balaban J connectivity index is 1.50. The molecule has 4 rings (SSSR count). The van der Waals surface area contributed by atoms with Gasteiger partial charge in [-0.2, -0.15) is 0 Å². The highest BCUT2D eigenvalue weighted by Crippen LogP contribution is 2.32. The minimum absolute atomic E-state index is 0.210. The predicted molar refractivity (Wildman–Crippen MR) is 121 cm³/mol. The molecule has 0 spiro atoms. The molecule has 6 nitrogen and oxygen atoms in total. The molecular formula is C26H25FN2O4. The molecule has 0 unspecified atom stereocenters. The maximum atomic E-state index is 13.5. The lowest BCUT2D eigenvalue weighted by atomic mass is 9.93. The first kappa shape index (κ1) is 22.6. The van der Waals surface area contributed by atoms with Crippen molar-refractivity contribution in [2.45, 2.75) is 31.4 Å². The summed E-state index contributed by atoms with van der Waals surface area (Å²) in [5.74, 6) is -2.12. The van der Waals surface area contributed by atoms with Gasteiger partial charge in [0.15, 0.2) is 0 Å². The Labute approximate surface area is 191 Å². The first-order valence-electron chi connectivity index (χ1n) is 10.8. The van der Waals surface area contributed by atoms with Crippen molar-refractivity contribution < 1.29 is 24.3 Å². The summed E-state index contributed by atoms with van der Waals surface area (Å²) in [5.41, 5.74) is 5.81. The molecule has 1 aliphatic carbocycles. The smallest absolute Gasteiger partial charge is 0.244 e. The van der Waals surface area contributed by atoms with Crippen molar-refractivity contribution in [3.05, 3.63) is 95.3 Å². The van der Waals surface area contributed by atoms with Crippen molar-refractivity contribution in [3.63, 3.8) is 0 Å². The minimum atomic E-state index is -0.753. The molecule has 4 N–H and O–H groups in total. The van der Waals surface area contributed by atoms with Gasteiger partial charge in [0.2, 0.25) is 11.8 Å². The number of nitrogens with one attached hydrogen (secondary N) is 2. The van der Waals surface area contributed by atoms with Crippen LogP contribution in [0.1, 0.15) is 29.2 Å². The van der Waals surface area contributed by atoms with Crippen LogP contribution in [0, 0.1) is 11.7 Å². The van der Waals surface area contributed by atoms with Gasteiger partial charge in [0.05, 0.1) is 18.1 Å². The SMILES string of the molecule is O=C(C[C@@H](Cc1ccc(-c2cccc(F)c2)cc1)C(=O)N[C@H]1c2ccccc2C[C@H]1O)NO. The lowest BCUT2D eigenvalue weighted by molar-refractivity contribution is -0.135. The van der Waals surface area contributed by atoms with Gasteiger partial charge in [-0.1, -0.05) is 60.7 Å². The Morgan fingerprint density at radius 1 is 1.00 bits per heavy atom. The summed E-state index contributed by atoms with van der Waals surface area (Å²) in [6.07, 6.45) is -0.250. The molecule has 3 aromatic carbocycles. The Kier molecular flexibility index (Phi) is 6.82. The van der Waals surface area contributed by atoms with E-state index in [0.717, 1.165) is 27.8 Å². The van der Waals surface area contributed by atoms with Crippen LogP contribution in [0.2, 0.25) is 0 Å². The summed E-state index contributed by atoms with van der Waals surface area (Å²) in [6, 6.07) is 20.6. The summed E-state index contributed by atoms with van der Waals surface area (Å²) in [4.78, 5) is 25.0.